The van der Waals surface area contributed by atoms with E-state index in [1.807, 2.05) is 18.2 Å². The van der Waals surface area contributed by atoms with Gasteiger partial charge >= 0.3 is 0 Å². The Kier molecular flexibility index (Phi) is 3.70. The van der Waals surface area contributed by atoms with E-state index in [9.17, 15) is 4.79 Å². The zero-order valence-electron chi connectivity index (χ0n) is 11.1. The van der Waals surface area contributed by atoms with E-state index in [4.69, 9.17) is 15.2 Å². The van der Waals surface area contributed by atoms with E-state index in [1.54, 1.807) is 18.2 Å². The van der Waals surface area contributed by atoms with Crippen molar-refractivity contribution < 1.29 is 14.3 Å². The summed E-state index contributed by atoms with van der Waals surface area (Å²) in [6, 6.07) is 10.7. The molecule has 0 aromatic heterocycles. The first kappa shape index (κ1) is 13.8. The van der Waals surface area contributed by atoms with Crippen molar-refractivity contribution in [1.29, 1.82) is 0 Å². The van der Waals surface area contributed by atoms with Gasteiger partial charge < -0.3 is 20.5 Å². The molecule has 0 spiro atoms. The van der Waals surface area contributed by atoms with Gasteiger partial charge in [0.1, 0.15) is 0 Å². The molecule has 0 fully saturated rings. The predicted octanol–water partition coefficient (Wildman–Crippen LogP) is 2.69. The van der Waals surface area contributed by atoms with Crippen molar-refractivity contribution in [3.05, 3.63) is 52.0 Å². The molecule has 2 aromatic carbocycles. The van der Waals surface area contributed by atoms with Crippen molar-refractivity contribution in [2.75, 3.05) is 12.5 Å². The summed E-state index contributed by atoms with van der Waals surface area (Å²) in [5, 5.41) is 2.85. The molecule has 1 aliphatic rings. The fourth-order valence-corrected chi connectivity index (χ4v) is 2.27. The number of nitrogen functional groups attached to an aromatic ring is 1. The van der Waals surface area contributed by atoms with Gasteiger partial charge in [-0.15, -0.1) is 0 Å². The fraction of sp³-hybridized carbons (Fsp3) is 0.133. The second-order valence-corrected chi connectivity index (χ2v) is 5.46. The molecule has 3 rings (SSSR count). The number of carbonyl (C=O) groups is 1. The maximum atomic E-state index is 12.1. The lowest BCUT2D eigenvalue weighted by Crippen LogP contribution is -2.22. The monoisotopic (exact) mass is 348 g/mol. The molecule has 5 nitrogen and oxygen atoms in total. The lowest BCUT2D eigenvalue weighted by Gasteiger charge is -2.07. The molecule has 1 heterocycles. The van der Waals surface area contributed by atoms with Gasteiger partial charge in [-0.1, -0.05) is 6.07 Å². The van der Waals surface area contributed by atoms with E-state index in [2.05, 4.69) is 21.2 Å². The number of halogens is 1. The van der Waals surface area contributed by atoms with E-state index < -0.39 is 0 Å². The Morgan fingerprint density at radius 1 is 1.19 bits per heavy atom. The molecule has 0 atom stereocenters. The summed E-state index contributed by atoms with van der Waals surface area (Å²) in [4.78, 5) is 12.1. The van der Waals surface area contributed by atoms with Crippen LogP contribution >= 0.6 is 15.9 Å². The molecule has 0 aliphatic carbocycles. The molecule has 0 radical (unpaired) electrons. The number of carbonyl (C=O) groups excluding carboxylic acids is 1. The highest BCUT2D eigenvalue weighted by atomic mass is 79.9. The molecule has 108 valence electrons. The Morgan fingerprint density at radius 2 is 2.00 bits per heavy atom. The third-order valence-corrected chi connectivity index (χ3v) is 3.87. The molecule has 0 unspecified atom stereocenters. The highest BCUT2D eigenvalue weighted by molar-refractivity contribution is 9.10. The average molecular weight is 349 g/mol. The van der Waals surface area contributed by atoms with Crippen LogP contribution in [-0.4, -0.2) is 12.7 Å². The van der Waals surface area contributed by atoms with Crippen molar-refractivity contribution in [3.63, 3.8) is 0 Å². The van der Waals surface area contributed by atoms with E-state index in [-0.39, 0.29) is 12.7 Å². The normalized spacial score (nSPS) is 12.2. The van der Waals surface area contributed by atoms with Crippen LogP contribution in [0, 0.1) is 0 Å². The molecule has 1 amide bonds. The Balaban J connectivity index is 1.67. The molecule has 2 aromatic rings. The minimum absolute atomic E-state index is 0.174. The predicted molar refractivity (Wildman–Crippen MR) is 82.3 cm³/mol. The van der Waals surface area contributed by atoms with Gasteiger partial charge in [-0.05, 0) is 51.8 Å². The zero-order chi connectivity index (χ0) is 14.8. The molecule has 0 bridgehead atoms. The largest absolute Gasteiger partial charge is 0.454 e. The average Bonchev–Trinajstić information content (AvgIpc) is 2.95. The van der Waals surface area contributed by atoms with Gasteiger partial charge in [0, 0.05) is 22.3 Å². The molecule has 6 heteroatoms. The van der Waals surface area contributed by atoms with Crippen LogP contribution in [0.2, 0.25) is 0 Å². The van der Waals surface area contributed by atoms with Crippen molar-refractivity contribution in [2.24, 2.45) is 0 Å². The van der Waals surface area contributed by atoms with Gasteiger partial charge in [-0.2, -0.15) is 0 Å². The maximum Gasteiger partial charge on any atom is 0.251 e. The number of anilines is 1. The van der Waals surface area contributed by atoms with Crippen LogP contribution in [-0.2, 0) is 6.54 Å². The highest BCUT2D eigenvalue weighted by Crippen LogP contribution is 2.32. The molecular weight excluding hydrogens is 336 g/mol. The summed E-state index contributed by atoms with van der Waals surface area (Å²) < 4.78 is 11.3. The van der Waals surface area contributed by atoms with Crippen LogP contribution in [0.4, 0.5) is 5.69 Å². The number of rotatable bonds is 3. The van der Waals surface area contributed by atoms with E-state index in [0.29, 0.717) is 23.5 Å². The Labute approximate surface area is 130 Å². The van der Waals surface area contributed by atoms with E-state index >= 15 is 0 Å². The van der Waals surface area contributed by atoms with Crippen LogP contribution in [0.25, 0.3) is 0 Å². The minimum Gasteiger partial charge on any atom is -0.454 e. The highest BCUT2D eigenvalue weighted by Gasteiger charge is 2.13. The van der Waals surface area contributed by atoms with Gasteiger partial charge in [0.05, 0.1) is 0 Å². The first-order valence-electron chi connectivity index (χ1n) is 6.35. The van der Waals surface area contributed by atoms with Gasteiger partial charge in [-0.25, -0.2) is 0 Å². The van der Waals surface area contributed by atoms with Crippen LogP contribution < -0.4 is 20.5 Å². The number of benzene rings is 2. The number of amides is 1. The van der Waals surface area contributed by atoms with Gasteiger partial charge in [0.25, 0.3) is 5.91 Å². The van der Waals surface area contributed by atoms with E-state index in [1.165, 1.54) is 0 Å². The number of hydrogen-bond acceptors (Lipinski definition) is 4. The van der Waals surface area contributed by atoms with Crippen molar-refractivity contribution in [3.8, 4) is 11.5 Å². The van der Waals surface area contributed by atoms with Gasteiger partial charge in [-0.3, -0.25) is 4.79 Å². The van der Waals surface area contributed by atoms with Crippen molar-refractivity contribution >= 4 is 27.5 Å². The molecule has 0 saturated heterocycles. The molecule has 0 saturated carbocycles. The van der Waals surface area contributed by atoms with Crippen LogP contribution in [0.15, 0.2) is 40.9 Å². The number of hydrogen-bond donors (Lipinski definition) is 2. The molecule has 3 N–H and O–H groups in total. The topological polar surface area (TPSA) is 73.6 Å². The quantitative estimate of drug-likeness (QED) is 0.836. The lowest BCUT2D eigenvalue weighted by atomic mass is 10.1. The first-order chi connectivity index (χ1) is 10.1. The Bertz CT molecular complexity index is 703. The number of nitrogens with two attached hydrogens (primary N) is 1. The Morgan fingerprint density at radius 3 is 2.81 bits per heavy atom. The van der Waals surface area contributed by atoms with Crippen molar-refractivity contribution in [1.82, 2.24) is 5.32 Å². The molecule has 1 aliphatic heterocycles. The zero-order valence-corrected chi connectivity index (χ0v) is 12.6. The van der Waals surface area contributed by atoms with E-state index in [0.717, 1.165) is 15.8 Å². The summed E-state index contributed by atoms with van der Waals surface area (Å²) in [6.45, 7) is 0.648. The van der Waals surface area contributed by atoms with Gasteiger partial charge in [0.15, 0.2) is 11.5 Å². The van der Waals surface area contributed by atoms with Crippen LogP contribution in [0.3, 0.4) is 0 Å². The third-order valence-electron chi connectivity index (χ3n) is 3.15. The number of ether oxygens (including phenoxy) is 2. The first-order valence-corrected chi connectivity index (χ1v) is 7.14. The maximum absolute atomic E-state index is 12.1. The summed E-state index contributed by atoms with van der Waals surface area (Å²) in [7, 11) is 0. The second kappa shape index (κ2) is 5.65. The SMILES string of the molecule is Nc1cc(C(=O)NCc2ccc3c(c2)OCO3)ccc1Br. The lowest BCUT2D eigenvalue weighted by molar-refractivity contribution is 0.0951. The molecule has 21 heavy (non-hydrogen) atoms. The summed E-state index contributed by atoms with van der Waals surface area (Å²) >= 11 is 3.30. The van der Waals surface area contributed by atoms with Gasteiger partial charge in [0.2, 0.25) is 6.79 Å². The smallest absolute Gasteiger partial charge is 0.251 e. The number of fused-ring (bicyclic) bond motifs is 1. The minimum atomic E-state index is -0.174. The Hall–Kier alpha value is -2.21. The summed E-state index contributed by atoms with van der Waals surface area (Å²) in [6.07, 6.45) is 0. The van der Waals surface area contributed by atoms with Crippen LogP contribution in [0.1, 0.15) is 15.9 Å². The summed E-state index contributed by atoms with van der Waals surface area (Å²) in [5.74, 6) is 1.26. The fourth-order valence-electron chi connectivity index (χ4n) is 2.02. The second-order valence-electron chi connectivity index (χ2n) is 4.61. The summed E-state index contributed by atoms with van der Waals surface area (Å²) in [5.41, 5.74) is 7.77. The standard InChI is InChI=1S/C15H13BrN2O3/c16-11-3-2-10(6-12(11)17)15(19)18-7-9-1-4-13-14(5-9)21-8-20-13/h1-6H,7-8,17H2,(H,18,19). The molecular formula is C15H13BrN2O3. The van der Waals surface area contributed by atoms with Crippen molar-refractivity contribution in [2.45, 2.75) is 6.54 Å². The van der Waals surface area contributed by atoms with Crippen LogP contribution in [0.5, 0.6) is 11.5 Å². The number of nitrogens with one attached hydrogen (secondary N) is 1. The third kappa shape index (κ3) is 2.95.